The monoisotopic (exact) mass is 393 g/mol. The van der Waals surface area contributed by atoms with E-state index in [2.05, 4.69) is 5.32 Å². The third-order valence-electron chi connectivity index (χ3n) is 4.06. The van der Waals surface area contributed by atoms with Gasteiger partial charge in [-0.05, 0) is 37.6 Å². The molecule has 0 aliphatic carbocycles. The van der Waals surface area contributed by atoms with Crippen molar-refractivity contribution in [2.24, 2.45) is 0 Å². The van der Waals surface area contributed by atoms with E-state index < -0.39 is 5.97 Å². The molecule has 142 valence electrons. The van der Waals surface area contributed by atoms with Crippen molar-refractivity contribution in [1.82, 2.24) is 0 Å². The summed E-state index contributed by atoms with van der Waals surface area (Å²) in [5.41, 5.74) is 2.29. The molecule has 1 heterocycles. The fourth-order valence-corrected chi connectivity index (χ4v) is 3.62. The SMILES string of the molecule is CCOC(=O)c1sc(NC(=O)c2ccc(C(=O)c3ccccc3)cc2)cc1C. The zero-order valence-corrected chi connectivity index (χ0v) is 16.3. The lowest BCUT2D eigenvalue weighted by Crippen LogP contribution is -2.11. The van der Waals surface area contributed by atoms with Crippen LogP contribution in [-0.4, -0.2) is 24.3 Å². The maximum absolute atomic E-state index is 12.5. The van der Waals surface area contributed by atoms with Gasteiger partial charge in [-0.25, -0.2) is 4.79 Å². The molecule has 0 fully saturated rings. The van der Waals surface area contributed by atoms with Crippen LogP contribution in [0.5, 0.6) is 0 Å². The quantitative estimate of drug-likeness (QED) is 0.486. The second kappa shape index (κ2) is 8.63. The lowest BCUT2D eigenvalue weighted by molar-refractivity contribution is 0.0531. The lowest BCUT2D eigenvalue weighted by atomic mass is 10.0. The summed E-state index contributed by atoms with van der Waals surface area (Å²) in [6.07, 6.45) is 0. The van der Waals surface area contributed by atoms with Crippen LogP contribution in [0.25, 0.3) is 0 Å². The molecule has 1 N–H and O–H groups in total. The van der Waals surface area contributed by atoms with E-state index in [-0.39, 0.29) is 11.7 Å². The summed E-state index contributed by atoms with van der Waals surface area (Å²) >= 11 is 1.18. The summed E-state index contributed by atoms with van der Waals surface area (Å²) < 4.78 is 5.01. The molecule has 0 saturated carbocycles. The van der Waals surface area contributed by atoms with Gasteiger partial charge >= 0.3 is 5.97 Å². The van der Waals surface area contributed by atoms with Gasteiger partial charge in [0.1, 0.15) is 4.88 Å². The van der Waals surface area contributed by atoms with Crippen LogP contribution < -0.4 is 5.32 Å². The van der Waals surface area contributed by atoms with Crippen LogP contribution >= 0.6 is 11.3 Å². The molecule has 0 saturated heterocycles. The maximum atomic E-state index is 12.5. The number of hydrogen-bond donors (Lipinski definition) is 1. The summed E-state index contributed by atoms with van der Waals surface area (Å²) in [6, 6.07) is 17.2. The lowest BCUT2D eigenvalue weighted by Gasteiger charge is -2.05. The first kappa shape index (κ1) is 19.5. The van der Waals surface area contributed by atoms with E-state index >= 15 is 0 Å². The van der Waals surface area contributed by atoms with Crippen LogP contribution in [0.2, 0.25) is 0 Å². The first-order valence-electron chi connectivity index (χ1n) is 8.78. The van der Waals surface area contributed by atoms with E-state index in [9.17, 15) is 14.4 Å². The normalized spacial score (nSPS) is 10.4. The van der Waals surface area contributed by atoms with Crippen LogP contribution in [0.3, 0.4) is 0 Å². The molecule has 6 heteroatoms. The Kier molecular flexibility index (Phi) is 6.01. The molecule has 28 heavy (non-hydrogen) atoms. The average Bonchev–Trinajstić information content (AvgIpc) is 3.08. The van der Waals surface area contributed by atoms with Crippen molar-refractivity contribution < 1.29 is 19.1 Å². The Hall–Kier alpha value is -3.25. The molecule has 0 aliphatic rings. The van der Waals surface area contributed by atoms with Crippen molar-refractivity contribution in [3.8, 4) is 0 Å². The van der Waals surface area contributed by atoms with Gasteiger partial charge in [0, 0.05) is 16.7 Å². The third kappa shape index (κ3) is 4.35. The third-order valence-corrected chi connectivity index (χ3v) is 5.19. The molecule has 0 aliphatic heterocycles. The number of esters is 1. The fraction of sp³-hybridized carbons (Fsp3) is 0.136. The number of thiophene rings is 1. The first-order chi connectivity index (χ1) is 13.5. The number of benzene rings is 2. The van der Waals surface area contributed by atoms with E-state index in [0.29, 0.717) is 33.2 Å². The van der Waals surface area contributed by atoms with Crippen molar-refractivity contribution in [1.29, 1.82) is 0 Å². The second-order valence-corrected chi connectivity index (χ2v) is 7.12. The number of carbonyl (C=O) groups excluding carboxylic acids is 3. The highest BCUT2D eigenvalue weighted by molar-refractivity contribution is 7.18. The van der Waals surface area contributed by atoms with Gasteiger partial charge < -0.3 is 10.1 Å². The summed E-state index contributed by atoms with van der Waals surface area (Å²) in [4.78, 5) is 37.3. The largest absolute Gasteiger partial charge is 0.462 e. The topological polar surface area (TPSA) is 72.5 Å². The number of aryl methyl sites for hydroxylation is 1. The van der Waals surface area contributed by atoms with Crippen molar-refractivity contribution in [2.45, 2.75) is 13.8 Å². The predicted molar refractivity (Wildman–Crippen MR) is 109 cm³/mol. The van der Waals surface area contributed by atoms with E-state index in [4.69, 9.17) is 4.74 Å². The number of carbonyl (C=O) groups is 3. The zero-order valence-electron chi connectivity index (χ0n) is 15.5. The van der Waals surface area contributed by atoms with Gasteiger partial charge in [-0.15, -0.1) is 11.3 Å². The van der Waals surface area contributed by atoms with Crippen LogP contribution in [0.4, 0.5) is 5.00 Å². The molecule has 5 nitrogen and oxygen atoms in total. The fourth-order valence-electron chi connectivity index (χ4n) is 2.66. The highest BCUT2D eigenvalue weighted by atomic mass is 32.1. The van der Waals surface area contributed by atoms with Gasteiger partial charge in [-0.3, -0.25) is 9.59 Å². The van der Waals surface area contributed by atoms with Crippen molar-refractivity contribution in [2.75, 3.05) is 11.9 Å². The number of ketones is 1. The number of rotatable bonds is 6. The van der Waals surface area contributed by atoms with E-state index in [1.54, 1.807) is 56.3 Å². The summed E-state index contributed by atoms with van der Waals surface area (Å²) in [5, 5.41) is 3.35. The van der Waals surface area contributed by atoms with Crippen molar-refractivity contribution in [3.63, 3.8) is 0 Å². The van der Waals surface area contributed by atoms with E-state index in [0.717, 1.165) is 5.56 Å². The molecule has 2 aromatic carbocycles. The van der Waals surface area contributed by atoms with Gasteiger partial charge in [-0.1, -0.05) is 42.5 Å². The summed E-state index contributed by atoms with van der Waals surface area (Å²) in [6.45, 7) is 3.84. The van der Waals surface area contributed by atoms with E-state index in [1.807, 2.05) is 18.2 Å². The van der Waals surface area contributed by atoms with Gasteiger partial charge in [0.2, 0.25) is 0 Å². The van der Waals surface area contributed by atoms with Gasteiger partial charge in [-0.2, -0.15) is 0 Å². The molecule has 0 radical (unpaired) electrons. The Morgan fingerprint density at radius 1 is 0.929 bits per heavy atom. The Balaban J connectivity index is 1.71. The first-order valence-corrected chi connectivity index (χ1v) is 9.60. The van der Waals surface area contributed by atoms with Crippen LogP contribution in [-0.2, 0) is 4.74 Å². The minimum absolute atomic E-state index is 0.0967. The molecule has 0 spiro atoms. The molecular formula is C22H19NO4S. The molecule has 1 aromatic heterocycles. The number of hydrogen-bond acceptors (Lipinski definition) is 5. The summed E-state index contributed by atoms with van der Waals surface area (Å²) in [7, 11) is 0. The molecular weight excluding hydrogens is 374 g/mol. The molecule has 0 atom stereocenters. The van der Waals surface area contributed by atoms with Gasteiger partial charge in [0.05, 0.1) is 11.6 Å². The standard InChI is InChI=1S/C22H19NO4S/c1-3-27-22(26)20-14(2)13-18(28-20)23-21(25)17-11-9-16(10-12-17)19(24)15-7-5-4-6-8-15/h4-13H,3H2,1-2H3,(H,23,25). The van der Waals surface area contributed by atoms with Crippen molar-refractivity contribution >= 4 is 34.0 Å². The number of anilines is 1. The Morgan fingerprint density at radius 2 is 1.54 bits per heavy atom. The highest BCUT2D eigenvalue weighted by Crippen LogP contribution is 2.27. The Labute approximate surface area is 167 Å². The molecule has 3 rings (SSSR count). The molecule has 0 unspecified atom stereocenters. The highest BCUT2D eigenvalue weighted by Gasteiger charge is 2.17. The molecule has 1 amide bonds. The number of nitrogens with one attached hydrogen (secondary N) is 1. The second-order valence-electron chi connectivity index (χ2n) is 6.07. The summed E-state index contributed by atoms with van der Waals surface area (Å²) in [5.74, 6) is -0.801. The van der Waals surface area contributed by atoms with Crippen LogP contribution in [0, 0.1) is 6.92 Å². The average molecular weight is 393 g/mol. The Bertz CT molecular complexity index is 1010. The van der Waals surface area contributed by atoms with Crippen molar-refractivity contribution in [3.05, 3.63) is 87.8 Å². The van der Waals surface area contributed by atoms with Gasteiger partial charge in [0.15, 0.2) is 5.78 Å². The van der Waals surface area contributed by atoms with E-state index in [1.165, 1.54) is 11.3 Å². The van der Waals surface area contributed by atoms with Crippen LogP contribution in [0.1, 0.15) is 48.4 Å². The zero-order chi connectivity index (χ0) is 20.1. The van der Waals surface area contributed by atoms with Gasteiger partial charge in [0.25, 0.3) is 5.91 Å². The predicted octanol–water partition coefficient (Wildman–Crippen LogP) is 4.72. The minimum Gasteiger partial charge on any atom is -0.462 e. The number of amides is 1. The maximum Gasteiger partial charge on any atom is 0.348 e. The minimum atomic E-state index is -0.394. The Morgan fingerprint density at radius 3 is 2.18 bits per heavy atom. The molecule has 0 bridgehead atoms. The molecule has 3 aromatic rings. The number of ether oxygens (including phenoxy) is 1. The smallest absolute Gasteiger partial charge is 0.348 e. The van der Waals surface area contributed by atoms with Crippen LogP contribution in [0.15, 0.2) is 60.7 Å².